The van der Waals surface area contributed by atoms with E-state index in [4.69, 9.17) is 0 Å². The molecule has 0 unspecified atom stereocenters. The van der Waals surface area contributed by atoms with Crippen LogP contribution in [0.1, 0.15) is 20.3 Å². The van der Waals surface area contributed by atoms with E-state index in [-0.39, 0.29) is 36.6 Å². The van der Waals surface area contributed by atoms with Crippen molar-refractivity contribution in [1.29, 1.82) is 0 Å². The third-order valence-electron chi connectivity index (χ3n) is 3.81. The molecule has 0 fully saturated rings. The molecule has 124 valence electrons. The fraction of sp³-hybridized carbons (Fsp3) is 0.438. The Balaban J connectivity index is 2.11. The third kappa shape index (κ3) is 4.49. The molecule has 23 heavy (non-hydrogen) atoms. The molecular weight excluding hydrogens is 314 g/mol. The SMILES string of the molecule is CC[C@H](C)[C@@H](CO)NC(=O)Cn1nc(-c2cccs2)ccc1=O. The van der Waals surface area contributed by atoms with Crippen LogP contribution in [0.4, 0.5) is 0 Å². The number of aliphatic hydroxyl groups excluding tert-OH is 1. The van der Waals surface area contributed by atoms with Crippen LogP contribution >= 0.6 is 11.3 Å². The first-order valence-corrected chi connectivity index (χ1v) is 8.45. The summed E-state index contributed by atoms with van der Waals surface area (Å²) in [6, 6.07) is 6.56. The molecule has 0 saturated carbocycles. The number of aromatic nitrogens is 2. The Kier molecular flexibility index (Phi) is 6.06. The highest BCUT2D eigenvalue weighted by molar-refractivity contribution is 7.13. The van der Waals surface area contributed by atoms with E-state index in [1.165, 1.54) is 17.4 Å². The first kappa shape index (κ1) is 17.4. The second-order valence-corrected chi connectivity index (χ2v) is 6.38. The summed E-state index contributed by atoms with van der Waals surface area (Å²) >= 11 is 1.52. The van der Waals surface area contributed by atoms with Gasteiger partial charge in [0.1, 0.15) is 12.2 Å². The Hall–Kier alpha value is -1.99. The van der Waals surface area contributed by atoms with Crippen LogP contribution in [0, 0.1) is 5.92 Å². The molecule has 2 N–H and O–H groups in total. The van der Waals surface area contributed by atoms with Crippen LogP contribution < -0.4 is 10.9 Å². The van der Waals surface area contributed by atoms with Crippen molar-refractivity contribution in [3.8, 4) is 10.6 Å². The number of hydrogen-bond donors (Lipinski definition) is 2. The van der Waals surface area contributed by atoms with Gasteiger partial charge in [0.25, 0.3) is 5.56 Å². The number of nitrogens with one attached hydrogen (secondary N) is 1. The van der Waals surface area contributed by atoms with Crippen LogP contribution in [0.15, 0.2) is 34.4 Å². The first-order valence-electron chi connectivity index (χ1n) is 7.57. The fourth-order valence-corrected chi connectivity index (χ4v) is 2.85. The predicted octanol–water partition coefficient (Wildman–Crippen LogP) is 1.49. The number of amides is 1. The second kappa shape index (κ2) is 8.03. The zero-order chi connectivity index (χ0) is 16.8. The van der Waals surface area contributed by atoms with E-state index in [1.54, 1.807) is 6.07 Å². The first-order chi connectivity index (χ1) is 11.0. The van der Waals surface area contributed by atoms with Gasteiger partial charge < -0.3 is 10.4 Å². The average molecular weight is 335 g/mol. The van der Waals surface area contributed by atoms with Gasteiger partial charge in [-0.3, -0.25) is 9.59 Å². The molecule has 7 heteroatoms. The lowest BCUT2D eigenvalue weighted by Crippen LogP contribution is -2.44. The van der Waals surface area contributed by atoms with Gasteiger partial charge in [-0.2, -0.15) is 5.10 Å². The van der Waals surface area contributed by atoms with Crippen molar-refractivity contribution < 1.29 is 9.90 Å². The Morgan fingerprint density at radius 1 is 1.43 bits per heavy atom. The molecule has 0 radical (unpaired) electrons. The lowest BCUT2D eigenvalue weighted by Gasteiger charge is -2.22. The lowest BCUT2D eigenvalue weighted by atomic mass is 10.00. The summed E-state index contributed by atoms with van der Waals surface area (Å²) < 4.78 is 1.15. The van der Waals surface area contributed by atoms with Crippen molar-refractivity contribution in [1.82, 2.24) is 15.1 Å². The molecule has 6 nitrogen and oxygen atoms in total. The lowest BCUT2D eigenvalue weighted by molar-refractivity contribution is -0.123. The molecule has 2 rings (SSSR count). The van der Waals surface area contributed by atoms with Gasteiger partial charge in [-0.15, -0.1) is 11.3 Å². The van der Waals surface area contributed by atoms with Crippen LogP contribution in [0.5, 0.6) is 0 Å². The molecular formula is C16H21N3O3S. The molecule has 2 aromatic rings. The summed E-state index contributed by atoms with van der Waals surface area (Å²) in [6.45, 7) is 3.67. The van der Waals surface area contributed by atoms with E-state index in [1.807, 2.05) is 31.4 Å². The summed E-state index contributed by atoms with van der Waals surface area (Å²) in [5, 5.41) is 18.3. The number of aliphatic hydroxyl groups is 1. The quantitative estimate of drug-likeness (QED) is 0.803. The van der Waals surface area contributed by atoms with E-state index in [9.17, 15) is 14.7 Å². The van der Waals surface area contributed by atoms with E-state index in [0.717, 1.165) is 16.0 Å². The van der Waals surface area contributed by atoms with E-state index in [2.05, 4.69) is 10.4 Å². The third-order valence-corrected chi connectivity index (χ3v) is 4.70. The van der Waals surface area contributed by atoms with Gasteiger partial charge in [0, 0.05) is 6.07 Å². The van der Waals surface area contributed by atoms with E-state index < -0.39 is 0 Å². The Labute approximate surface area is 138 Å². The van der Waals surface area contributed by atoms with Crippen LogP contribution in [0.3, 0.4) is 0 Å². The van der Waals surface area contributed by atoms with Crippen molar-refractivity contribution in [2.75, 3.05) is 6.61 Å². The Morgan fingerprint density at radius 2 is 2.22 bits per heavy atom. The molecule has 0 aliphatic heterocycles. The number of hydrogen-bond acceptors (Lipinski definition) is 5. The number of rotatable bonds is 7. The molecule has 0 saturated heterocycles. The Morgan fingerprint density at radius 3 is 2.83 bits per heavy atom. The van der Waals surface area contributed by atoms with E-state index >= 15 is 0 Å². The van der Waals surface area contributed by atoms with Crippen LogP contribution in [-0.2, 0) is 11.3 Å². The standard InChI is InChI=1S/C16H21N3O3S/c1-3-11(2)13(10-20)17-15(21)9-19-16(22)7-6-12(18-19)14-5-4-8-23-14/h4-8,11,13,20H,3,9-10H2,1-2H3,(H,17,21)/t11-,13+/m0/s1. The molecule has 0 aromatic carbocycles. The van der Waals surface area contributed by atoms with Crippen LogP contribution in [0.2, 0.25) is 0 Å². The largest absolute Gasteiger partial charge is 0.394 e. The number of thiophene rings is 1. The molecule has 1 amide bonds. The topological polar surface area (TPSA) is 84.2 Å². The summed E-state index contributed by atoms with van der Waals surface area (Å²) in [4.78, 5) is 25.0. The second-order valence-electron chi connectivity index (χ2n) is 5.43. The summed E-state index contributed by atoms with van der Waals surface area (Å²) in [7, 11) is 0. The smallest absolute Gasteiger partial charge is 0.267 e. The number of carbonyl (C=O) groups is 1. The molecule has 0 aliphatic rings. The van der Waals surface area contributed by atoms with Gasteiger partial charge in [-0.1, -0.05) is 26.3 Å². The van der Waals surface area contributed by atoms with Crippen molar-refractivity contribution in [2.24, 2.45) is 5.92 Å². The molecule has 0 aliphatic carbocycles. The van der Waals surface area contributed by atoms with Gasteiger partial charge in [-0.05, 0) is 23.4 Å². The van der Waals surface area contributed by atoms with Gasteiger partial charge in [0.15, 0.2) is 0 Å². The van der Waals surface area contributed by atoms with Gasteiger partial charge in [-0.25, -0.2) is 4.68 Å². The highest BCUT2D eigenvalue weighted by Crippen LogP contribution is 2.21. The van der Waals surface area contributed by atoms with Crippen molar-refractivity contribution >= 4 is 17.2 Å². The number of nitrogens with zero attached hydrogens (tertiary/aromatic N) is 2. The molecule has 0 spiro atoms. The fourth-order valence-electron chi connectivity index (χ4n) is 2.16. The highest BCUT2D eigenvalue weighted by atomic mass is 32.1. The molecule has 2 atom stereocenters. The average Bonchev–Trinajstić information content (AvgIpc) is 3.08. The van der Waals surface area contributed by atoms with Crippen molar-refractivity contribution in [2.45, 2.75) is 32.9 Å². The monoisotopic (exact) mass is 335 g/mol. The van der Waals surface area contributed by atoms with Crippen molar-refractivity contribution in [3.63, 3.8) is 0 Å². The predicted molar refractivity (Wildman–Crippen MR) is 90.3 cm³/mol. The minimum atomic E-state index is -0.331. The normalized spacial score (nSPS) is 13.5. The molecule has 2 heterocycles. The van der Waals surface area contributed by atoms with E-state index in [0.29, 0.717) is 5.69 Å². The summed E-state index contributed by atoms with van der Waals surface area (Å²) in [5.74, 6) is -0.173. The van der Waals surface area contributed by atoms with Crippen LogP contribution in [-0.4, -0.2) is 33.4 Å². The zero-order valence-corrected chi connectivity index (χ0v) is 14.0. The summed E-state index contributed by atoms with van der Waals surface area (Å²) in [6.07, 6.45) is 0.845. The van der Waals surface area contributed by atoms with Gasteiger partial charge in [0.05, 0.1) is 17.5 Å². The number of carbonyl (C=O) groups excluding carboxylic acids is 1. The van der Waals surface area contributed by atoms with Gasteiger partial charge in [0.2, 0.25) is 5.91 Å². The zero-order valence-electron chi connectivity index (χ0n) is 13.2. The minimum absolute atomic E-state index is 0.127. The minimum Gasteiger partial charge on any atom is -0.394 e. The van der Waals surface area contributed by atoms with Crippen molar-refractivity contribution in [3.05, 3.63) is 40.0 Å². The summed E-state index contributed by atoms with van der Waals surface area (Å²) in [5.41, 5.74) is 0.331. The maximum Gasteiger partial charge on any atom is 0.267 e. The Bertz CT molecular complexity index is 697. The maximum atomic E-state index is 12.1. The maximum absolute atomic E-state index is 12.1. The molecule has 0 bridgehead atoms. The molecule has 2 aromatic heterocycles. The highest BCUT2D eigenvalue weighted by Gasteiger charge is 2.18. The van der Waals surface area contributed by atoms with Gasteiger partial charge >= 0.3 is 0 Å². The van der Waals surface area contributed by atoms with Crippen LogP contribution in [0.25, 0.3) is 10.6 Å².